The molecule has 0 radical (unpaired) electrons. The summed E-state index contributed by atoms with van der Waals surface area (Å²) in [6.45, 7) is 5.59. The first-order valence-corrected chi connectivity index (χ1v) is 7.69. The fourth-order valence-corrected chi connectivity index (χ4v) is 3.48. The first-order chi connectivity index (χ1) is 8.28. The predicted octanol–water partition coefficient (Wildman–Crippen LogP) is 3.65. The van der Waals surface area contributed by atoms with Gasteiger partial charge in [0.2, 0.25) is 0 Å². The molecule has 17 heavy (non-hydrogen) atoms. The van der Waals surface area contributed by atoms with Gasteiger partial charge in [0.1, 0.15) is 0 Å². The Balaban J connectivity index is 1.73. The molecule has 0 aromatic rings. The van der Waals surface area contributed by atoms with E-state index in [2.05, 4.69) is 19.2 Å². The summed E-state index contributed by atoms with van der Waals surface area (Å²) in [7, 11) is 0. The van der Waals surface area contributed by atoms with Crippen molar-refractivity contribution in [1.29, 1.82) is 0 Å². The quantitative estimate of drug-likeness (QED) is 0.791. The molecule has 0 aromatic carbocycles. The Morgan fingerprint density at radius 2 is 1.82 bits per heavy atom. The normalized spacial score (nSPS) is 28.1. The van der Waals surface area contributed by atoms with Crippen LogP contribution in [0.15, 0.2) is 0 Å². The maximum atomic E-state index is 6.37. The number of ether oxygens (including phenoxy) is 1. The van der Waals surface area contributed by atoms with E-state index in [4.69, 9.17) is 4.74 Å². The van der Waals surface area contributed by atoms with E-state index in [1.165, 1.54) is 57.8 Å². The Bertz CT molecular complexity index is 219. The second-order valence-corrected chi connectivity index (χ2v) is 5.94. The van der Waals surface area contributed by atoms with Crippen LogP contribution in [0.2, 0.25) is 0 Å². The third-order valence-corrected chi connectivity index (χ3v) is 4.72. The molecule has 1 aliphatic carbocycles. The van der Waals surface area contributed by atoms with Gasteiger partial charge in [-0.25, -0.2) is 0 Å². The highest BCUT2D eigenvalue weighted by molar-refractivity contribution is 4.92. The van der Waals surface area contributed by atoms with Gasteiger partial charge in [-0.1, -0.05) is 33.1 Å². The minimum atomic E-state index is 0.290. The molecule has 1 heterocycles. The molecular formula is C15H29NO. The molecule has 2 nitrogen and oxygen atoms in total. The summed E-state index contributed by atoms with van der Waals surface area (Å²) in [5.74, 6) is 0. The molecule has 1 N–H and O–H groups in total. The maximum Gasteiger partial charge on any atom is 0.0708 e. The predicted molar refractivity (Wildman–Crippen MR) is 72.3 cm³/mol. The molecule has 0 bridgehead atoms. The van der Waals surface area contributed by atoms with E-state index < -0.39 is 0 Å². The van der Waals surface area contributed by atoms with Crippen LogP contribution in [0, 0.1) is 0 Å². The van der Waals surface area contributed by atoms with Crippen LogP contribution in [0.5, 0.6) is 0 Å². The molecule has 2 aliphatic rings. The largest absolute Gasteiger partial charge is 0.370 e. The van der Waals surface area contributed by atoms with Crippen molar-refractivity contribution in [2.45, 2.75) is 89.4 Å². The summed E-state index contributed by atoms with van der Waals surface area (Å²) < 4.78 is 6.37. The van der Waals surface area contributed by atoms with Crippen LogP contribution in [-0.4, -0.2) is 24.3 Å². The van der Waals surface area contributed by atoms with Gasteiger partial charge >= 0.3 is 0 Å². The van der Waals surface area contributed by atoms with Crippen molar-refractivity contribution in [2.75, 3.05) is 6.54 Å². The summed E-state index contributed by atoms with van der Waals surface area (Å²) >= 11 is 0. The molecule has 1 saturated heterocycles. The lowest BCUT2D eigenvalue weighted by molar-refractivity contribution is -0.0629. The Morgan fingerprint density at radius 3 is 2.47 bits per heavy atom. The molecule has 2 fully saturated rings. The van der Waals surface area contributed by atoms with Crippen molar-refractivity contribution in [3.05, 3.63) is 0 Å². The van der Waals surface area contributed by atoms with Gasteiger partial charge in [0.05, 0.1) is 11.7 Å². The van der Waals surface area contributed by atoms with Crippen molar-refractivity contribution in [3.63, 3.8) is 0 Å². The number of nitrogens with one attached hydrogen (secondary N) is 1. The Hall–Kier alpha value is -0.0800. The Morgan fingerprint density at radius 1 is 1.12 bits per heavy atom. The van der Waals surface area contributed by atoms with E-state index in [0.29, 0.717) is 17.7 Å². The zero-order valence-corrected chi connectivity index (χ0v) is 11.6. The smallest absolute Gasteiger partial charge is 0.0708 e. The second-order valence-electron chi connectivity index (χ2n) is 5.94. The first kappa shape index (κ1) is 13.4. The van der Waals surface area contributed by atoms with E-state index >= 15 is 0 Å². The van der Waals surface area contributed by atoms with Crippen LogP contribution in [0.4, 0.5) is 0 Å². The molecule has 1 aliphatic heterocycles. The molecule has 1 atom stereocenters. The second kappa shape index (κ2) is 6.19. The van der Waals surface area contributed by atoms with E-state index in [1.807, 2.05) is 0 Å². The van der Waals surface area contributed by atoms with E-state index in [0.717, 1.165) is 6.54 Å². The minimum Gasteiger partial charge on any atom is -0.370 e. The monoisotopic (exact) mass is 239 g/mol. The third kappa shape index (κ3) is 3.45. The van der Waals surface area contributed by atoms with E-state index in [-0.39, 0.29) is 0 Å². The Kier molecular flexibility index (Phi) is 4.87. The molecule has 1 unspecified atom stereocenters. The molecule has 0 amide bonds. The average molecular weight is 239 g/mol. The summed E-state index contributed by atoms with van der Waals surface area (Å²) in [6.07, 6.45) is 12.3. The van der Waals surface area contributed by atoms with Gasteiger partial charge in [-0.2, -0.15) is 0 Å². The molecule has 100 valence electrons. The number of hydrogen-bond donors (Lipinski definition) is 1. The molecule has 1 spiro atoms. The molecule has 2 heteroatoms. The van der Waals surface area contributed by atoms with Gasteiger partial charge < -0.3 is 10.1 Å². The fourth-order valence-electron chi connectivity index (χ4n) is 3.48. The van der Waals surface area contributed by atoms with Crippen LogP contribution in [-0.2, 0) is 4.74 Å². The number of rotatable bonds is 5. The van der Waals surface area contributed by atoms with Crippen LogP contribution >= 0.6 is 0 Å². The van der Waals surface area contributed by atoms with Gasteiger partial charge in [-0.05, 0) is 38.5 Å². The third-order valence-electron chi connectivity index (χ3n) is 4.72. The zero-order chi connectivity index (χ0) is 12.1. The van der Waals surface area contributed by atoms with Gasteiger partial charge in [0, 0.05) is 12.6 Å². The highest BCUT2D eigenvalue weighted by atomic mass is 16.5. The summed E-state index contributed by atoms with van der Waals surface area (Å²) in [5, 5.41) is 3.66. The van der Waals surface area contributed by atoms with Gasteiger partial charge in [-0.3, -0.25) is 0 Å². The molecule has 1 saturated carbocycles. The summed E-state index contributed by atoms with van der Waals surface area (Å²) in [5.41, 5.74) is 0.290. The van der Waals surface area contributed by atoms with E-state index in [1.54, 1.807) is 0 Å². The van der Waals surface area contributed by atoms with Crippen LogP contribution in [0.1, 0.15) is 71.6 Å². The zero-order valence-electron chi connectivity index (χ0n) is 11.6. The summed E-state index contributed by atoms with van der Waals surface area (Å²) in [4.78, 5) is 0. The van der Waals surface area contributed by atoms with Gasteiger partial charge in [0.25, 0.3) is 0 Å². The minimum absolute atomic E-state index is 0.290. The van der Waals surface area contributed by atoms with Crippen LogP contribution in [0.3, 0.4) is 0 Å². The van der Waals surface area contributed by atoms with Crippen LogP contribution in [0.25, 0.3) is 0 Å². The van der Waals surface area contributed by atoms with Crippen molar-refractivity contribution < 1.29 is 4.74 Å². The lowest BCUT2D eigenvalue weighted by Crippen LogP contribution is -2.37. The Labute approximate surface area is 107 Å². The molecule has 2 rings (SSSR count). The van der Waals surface area contributed by atoms with Crippen molar-refractivity contribution in [2.24, 2.45) is 0 Å². The maximum absolute atomic E-state index is 6.37. The highest BCUT2D eigenvalue weighted by Crippen LogP contribution is 2.41. The number of hydrogen-bond acceptors (Lipinski definition) is 2. The SMILES string of the molecule is CCC(CC)NCC1CCC2(CCCCC2)O1. The standard InChI is InChI=1S/C15H29NO/c1-3-13(4-2)16-12-14-8-11-15(17-14)9-6-5-7-10-15/h13-14,16H,3-12H2,1-2H3. The summed E-state index contributed by atoms with van der Waals surface area (Å²) in [6, 6.07) is 0.682. The van der Waals surface area contributed by atoms with Crippen molar-refractivity contribution in [3.8, 4) is 0 Å². The van der Waals surface area contributed by atoms with Crippen molar-refractivity contribution >= 4 is 0 Å². The highest BCUT2D eigenvalue weighted by Gasteiger charge is 2.40. The van der Waals surface area contributed by atoms with E-state index in [9.17, 15) is 0 Å². The lowest BCUT2D eigenvalue weighted by atomic mass is 9.83. The molecular weight excluding hydrogens is 210 g/mol. The average Bonchev–Trinajstić information content (AvgIpc) is 2.75. The topological polar surface area (TPSA) is 21.3 Å². The lowest BCUT2D eigenvalue weighted by Gasteiger charge is -2.33. The van der Waals surface area contributed by atoms with Crippen LogP contribution < -0.4 is 5.32 Å². The van der Waals surface area contributed by atoms with Gasteiger partial charge in [-0.15, -0.1) is 0 Å². The fraction of sp³-hybridized carbons (Fsp3) is 1.00. The molecule has 0 aromatic heterocycles. The van der Waals surface area contributed by atoms with Gasteiger partial charge in [0.15, 0.2) is 0 Å². The van der Waals surface area contributed by atoms with Crippen molar-refractivity contribution in [1.82, 2.24) is 5.32 Å². The first-order valence-electron chi connectivity index (χ1n) is 7.69.